The zero-order valence-electron chi connectivity index (χ0n) is 10.5. The van der Waals surface area contributed by atoms with Crippen molar-refractivity contribution >= 4 is 10.2 Å². The van der Waals surface area contributed by atoms with Crippen molar-refractivity contribution < 1.29 is 18.3 Å². The summed E-state index contributed by atoms with van der Waals surface area (Å²) >= 11 is 0. The Morgan fingerprint density at radius 1 is 1.53 bits per heavy atom. The molecular formula is C10H22N2O4S. The van der Waals surface area contributed by atoms with Crippen LogP contribution in [0.4, 0.5) is 0 Å². The fourth-order valence-electron chi connectivity index (χ4n) is 1.75. The van der Waals surface area contributed by atoms with Crippen molar-refractivity contribution in [3.8, 4) is 0 Å². The molecule has 6 nitrogen and oxygen atoms in total. The van der Waals surface area contributed by atoms with Gasteiger partial charge in [-0.2, -0.15) is 17.0 Å². The lowest BCUT2D eigenvalue weighted by Crippen LogP contribution is -2.50. The Kier molecular flexibility index (Phi) is 5.81. The van der Waals surface area contributed by atoms with Crippen molar-refractivity contribution in [1.82, 2.24) is 8.61 Å². The third kappa shape index (κ3) is 3.89. The van der Waals surface area contributed by atoms with Gasteiger partial charge in [0.1, 0.15) is 0 Å². The van der Waals surface area contributed by atoms with Crippen LogP contribution < -0.4 is 0 Å². The van der Waals surface area contributed by atoms with Gasteiger partial charge in [-0.1, -0.05) is 6.92 Å². The number of nitrogens with zero attached hydrogens (tertiary/aromatic N) is 2. The Hall–Kier alpha value is -0.210. The van der Waals surface area contributed by atoms with Crippen LogP contribution in [0.25, 0.3) is 0 Å². The molecule has 7 heteroatoms. The van der Waals surface area contributed by atoms with Crippen LogP contribution in [-0.4, -0.2) is 68.1 Å². The smallest absolute Gasteiger partial charge is 0.281 e. The highest BCUT2D eigenvalue weighted by atomic mass is 32.2. The van der Waals surface area contributed by atoms with Gasteiger partial charge in [0.15, 0.2) is 0 Å². The van der Waals surface area contributed by atoms with Crippen molar-refractivity contribution in [2.75, 3.05) is 39.9 Å². The van der Waals surface area contributed by atoms with E-state index in [1.54, 1.807) is 7.05 Å². The van der Waals surface area contributed by atoms with Gasteiger partial charge in [0.25, 0.3) is 10.2 Å². The summed E-state index contributed by atoms with van der Waals surface area (Å²) in [4.78, 5) is 0. The summed E-state index contributed by atoms with van der Waals surface area (Å²) in [6.07, 6.45) is 1.26. The zero-order chi connectivity index (χ0) is 12.9. The minimum atomic E-state index is -3.40. The molecule has 102 valence electrons. The Labute approximate surface area is 103 Å². The van der Waals surface area contributed by atoms with Crippen LogP contribution in [0.2, 0.25) is 0 Å². The topological polar surface area (TPSA) is 70.1 Å². The number of rotatable bonds is 6. The van der Waals surface area contributed by atoms with E-state index in [-0.39, 0.29) is 12.7 Å². The van der Waals surface area contributed by atoms with Crippen molar-refractivity contribution in [3.05, 3.63) is 0 Å². The molecule has 0 aromatic carbocycles. The molecule has 1 rings (SSSR count). The van der Waals surface area contributed by atoms with Crippen LogP contribution >= 0.6 is 0 Å². The van der Waals surface area contributed by atoms with Gasteiger partial charge in [-0.25, -0.2) is 0 Å². The molecule has 0 spiro atoms. The van der Waals surface area contributed by atoms with Gasteiger partial charge in [0, 0.05) is 33.3 Å². The molecule has 1 heterocycles. The van der Waals surface area contributed by atoms with Crippen LogP contribution in [0.3, 0.4) is 0 Å². The second-order valence-corrected chi connectivity index (χ2v) is 6.20. The molecule has 17 heavy (non-hydrogen) atoms. The van der Waals surface area contributed by atoms with E-state index in [2.05, 4.69) is 0 Å². The van der Waals surface area contributed by atoms with Gasteiger partial charge in [0.05, 0.1) is 12.7 Å². The largest absolute Gasteiger partial charge is 0.396 e. The Bertz CT molecular complexity index is 320. The highest BCUT2D eigenvalue weighted by Crippen LogP contribution is 2.14. The highest BCUT2D eigenvalue weighted by molar-refractivity contribution is 7.86. The van der Waals surface area contributed by atoms with Gasteiger partial charge < -0.3 is 9.84 Å². The molecule has 1 unspecified atom stereocenters. The summed E-state index contributed by atoms with van der Waals surface area (Å²) in [6.45, 7) is 3.60. The predicted molar refractivity (Wildman–Crippen MR) is 64.9 cm³/mol. The molecule has 0 saturated carbocycles. The van der Waals surface area contributed by atoms with E-state index >= 15 is 0 Å². The molecule has 1 atom stereocenters. The van der Waals surface area contributed by atoms with E-state index in [1.165, 1.54) is 8.61 Å². The fourth-order valence-corrected chi connectivity index (χ4v) is 3.17. The van der Waals surface area contributed by atoms with Crippen LogP contribution in [0.1, 0.15) is 19.8 Å². The number of aliphatic hydroxyl groups is 1. The monoisotopic (exact) mass is 266 g/mol. The van der Waals surface area contributed by atoms with E-state index in [0.29, 0.717) is 32.7 Å². The first-order chi connectivity index (χ1) is 8.02. The predicted octanol–water partition coefficient (Wildman–Crippen LogP) is -0.344. The number of hydrogen-bond donors (Lipinski definition) is 1. The first-order valence-corrected chi connectivity index (χ1v) is 7.36. The molecule has 1 aliphatic heterocycles. The molecule has 1 fully saturated rings. The summed E-state index contributed by atoms with van der Waals surface area (Å²) in [5.41, 5.74) is 0. The first kappa shape index (κ1) is 14.8. The summed E-state index contributed by atoms with van der Waals surface area (Å²) in [7, 11) is -1.86. The maximum absolute atomic E-state index is 12.2. The summed E-state index contributed by atoms with van der Waals surface area (Å²) < 4.78 is 32.5. The quantitative estimate of drug-likeness (QED) is 0.714. The van der Waals surface area contributed by atoms with Gasteiger partial charge in [-0.3, -0.25) is 0 Å². The molecular weight excluding hydrogens is 244 g/mol. The van der Waals surface area contributed by atoms with Gasteiger partial charge >= 0.3 is 0 Å². The van der Waals surface area contributed by atoms with Crippen LogP contribution in [0.15, 0.2) is 0 Å². The normalized spacial score (nSPS) is 23.2. The molecule has 0 amide bonds. The van der Waals surface area contributed by atoms with Crippen molar-refractivity contribution in [2.45, 2.75) is 25.9 Å². The van der Waals surface area contributed by atoms with E-state index in [9.17, 15) is 8.42 Å². The molecule has 0 radical (unpaired) electrons. The molecule has 1 N–H and O–H groups in total. The molecule has 1 aliphatic rings. The van der Waals surface area contributed by atoms with Gasteiger partial charge in [-0.05, 0) is 12.8 Å². The highest BCUT2D eigenvalue weighted by Gasteiger charge is 2.31. The third-order valence-corrected chi connectivity index (χ3v) is 4.86. The number of ether oxygens (including phenoxy) is 1. The first-order valence-electron chi connectivity index (χ1n) is 5.96. The Morgan fingerprint density at radius 2 is 2.24 bits per heavy atom. The van der Waals surface area contributed by atoms with E-state index in [4.69, 9.17) is 9.84 Å². The molecule has 1 saturated heterocycles. The SMILES string of the molecule is CCC1CN(S(=O)(=O)N(C)CCCO)CCO1. The third-order valence-electron chi connectivity index (χ3n) is 2.91. The van der Waals surface area contributed by atoms with E-state index in [1.807, 2.05) is 6.92 Å². The zero-order valence-corrected chi connectivity index (χ0v) is 11.3. The minimum Gasteiger partial charge on any atom is -0.396 e. The number of aliphatic hydroxyl groups excluding tert-OH is 1. The van der Waals surface area contributed by atoms with Gasteiger partial charge in [-0.15, -0.1) is 0 Å². The van der Waals surface area contributed by atoms with Crippen LogP contribution in [0, 0.1) is 0 Å². The van der Waals surface area contributed by atoms with Crippen molar-refractivity contribution in [2.24, 2.45) is 0 Å². The second-order valence-electron chi connectivity index (χ2n) is 4.17. The maximum atomic E-state index is 12.2. The lowest BCUT2D eigenvalue weighted by Gasteiger charge is -2.34. The average molecular weight is 266 g/mol. The van der Waals surface area contributed by atoms with Crippen molar-refractivity contribution in [1.29, 1.82) is 0 Å². The summed E-state index contributed by atoms with van der Waals surface area (Å²) in [5, 5.41) is 8.72. The lowest BCUT2D eigenvalue weighted by molar-refractivity contribution is -0.00430. The van der Waals surface area contributed by atoms with Crippen LogP contribution in [0.5, 0.6) is 0 Å². The van der Waals surface area contributed by atoms with E-state index in [0.717, 1.165) is 6.42 Å². The molecule has 0 bridgehead atoms. The van der Waals surface area contributed by atoms with E-state index < -0.39 is 10.2 Å². The van der Waals surface area contributed by atoms with Crippen LogP contribution in [-0.2, 0) is 14.9 Å². The molecule has 0 aromatic rings. The molecule has 0 aromatic heterocycles. The fraction of sp³-hybridized carbons (Fsp3) is 1.00. The Balaban J connectivity index is 2.62. The number of morpholine rings is 1. The van der Waals surface area contributed by atoms with Gasteiger partial charge in [0.2, 0.25) is 0 Å². The summed E-state index contributed by atoms with van der Waals surface area (Å²) in [5.74, 6) is 0. The summed E-state index contributed by atoms with van der Waals surface area (Å²) in [6, 6.07) is 0. The second kappa shape index (κ2) is 6.65. The Morgan fingerprint density at radius 3 is 2.82 bits per heavy atom. The lowest BCUT2D eigenvalue weighted by atomic mass is 10.2. The average Bonchev–Trinajstić information content (AvgIpc) is 2.35. The van der Waals surface area contributed by atoms with Crippen molar-refractivity contribution in [3.63, 3.8) is 0 Å². The minimum absolute atomic E-state index is 0.000552. The standard InChI is InChI=1S/C10H22N2O4S/c1-3-10-9-12(6-8-16-10)17(14,15)11(2)5-4-7-13/h10,13H,3-9H2,1-2H3. The number of hydrogen-bond acceptors (Lipinski definition) is 4. The maximum Gasteiger partial charge on any atom is 0.281 e. The molecule has 0 aliphatic carbocycles.